The number of amides is 1. The summed E-state index contributed by atoms with van der Waals surface area (Å²) in [5, 5.41) is 0. The largest absolute Gasteiger partial charge is 0.393 e. The molecule has 1 amide bonds. The van der Waals surface area contributed by atoms with Gasteiger partial charge in [-0.3, -0.25) is 4.79 Å². The Morgan fingerprint density at radius 2 is 2.00 bits per heavy atom. The van der Waals surface area contributed by atoms with E-state index in [4.69, 9.17) is 18.0 Å². The van der Waals surface area contributed by atoms with Gasteiger partial charge in [-0.15, -0.1) is 0 Å². The maximum absolute atomic E-state index is 12.5. The van der Waals surface area contributed by atoms with Crippen LogP contribution < -0.4 is 5.73 Å². The minimum atomic E-state index is -0.285. The number of hydrogen-bond donors (Lipinski definition) is 1. The van der Waals surface area contributed by atoms with Gasteiger partial charge >= 0.3 is 0 Å². The van der Waals surface area contributed by atoms with Crippen molar-refractivity contribution < 1.29 is 4.79 Å². The fourth-order valence-corrected chi connectivity index (χ4v) is 2.34. The molecular weight excluding hydrogens is 244 g/mol. The lowest BCUT2D eigenvalue weighted by atomic mass is 9.94. The average Bonchev–Trinajstić information content (AvgIpc) is 3.17. The Labute approximate surface area is 113 Å². The molecule has 0 aliphatic heterocycles. The fraction of sp³-hybridized carbons (Fsp3) is 0.429. The van der Waals surface area contributed by atoms with Gasteiger partial charge < -0.3 is 10.6 Å². The molecule has 3 nitrogen and oxygen atoms in total. The van der Waals surface area contributed by atoms with E-state index in [9.17, 15) is 4.79 Å². The molecule has 1 aliphatic carbocycles. The second-order valence-corrected chi connectivity index (χ2v) is 5.42. The SMILES string of the molecule is CN(CCC(N)=S)C(=O)C1(c2ccccc2)CC1. The highest BCUT2D eigenvalue weighted by molar-refractivity contribution is 7.80. The molecule has 1 aliphatic rings. The first-order chi connectivity index (χ1) is 8.56. The molecule has 18 heavy (non-hydrogen) atoms. The van der Waals surface area contributed by atoms with Crippen molar-refractivity contribution in [1.29, 1.82) is 0 Å². The summed E-state index contributed by atoms with van der Waals surface area (Å²) in [6.45, 7) is 0.600. The third-order valence-corrected chi connectivity index (χ3v) is 3.73. The van der Waals surface area contributed by atoms with E-state index in [1.165, 1.54) is 0 Å². The lowest BCUT2D eigenvalue weighted by Crippen LogP contribution is -2.38. The molecule has 0 unspecified atom stereocenters. The summed E-state index contributed by atoms with van der Waals surface area (Å²) in [4.78, 5) is 14.7. The van der Waals surface area contributed by atoms with Crippen LogP contribution in [0.3, 0.4) is 0 Å². The summed E-state index contributed by atoms with van der Waals surface area (Å²) in [6, 6.07) is 10.0. The van der Waals surface area contributed by atoms with Gasteiger partial charge in [0, 0.05) is 20.0 Å². The summed E-state index contributed by atoms with van der Waals surface area (Å²) in [7, 11) is 1.82. The van der Waals surface area contributed by atoms with Crippen LogP contribution in [0.2, 0.25) is 0 Å². The predicted molar refractivity (Wildman–Crippen MR) is 76.4 cm³/mol. The molecule has 2 rings (SSSR count). The molecule has 2 N–H and O–H groups in total. The molecule has 1 saturated carbocycles. The highest BCUT2D eigenvalue weighted by Crippen LogP contribution is 2.49. The van der Waals surface area contributed by atoms with Crippen molar-refractivity contribution in [3.05, 3.63) is 35.9 Å². The number of rotatable bonds is 5. The van der Waals surface area contributed by atoms with Crippen LogP contribution in [0.5, 0.6) is 0 Å². The molecule has 0 saturated heterocycles. The third-order valence-electron chi connectivity index (χ3n) is 3.53. The molecule has 0 bridgehead atoms. The van der Waals surface area contributed by atoms with Gasteiger partial charge in [0.15, 0.2) is 0 Å². The first-order valence-corrected chi connectivity index (χ1v) is 6.56. The quantitative estimate of drug-likeness (QED) is 0.824. The van der Waals surface area contributed by atoms with E-state index in [-0.39, 0.29) is 11.3 Å². The zero-order valence-corrected chi connectivity index (χ0v) is 11.4. The number of thiocarbonyl (C=S) groups is 1. The number of carbonyl (C=O) groups excluding carboxylic acids is 1. The minimum Gasteiger partial charge on any atom is -0.393 e. The Morgan fingerprint density at radius 1 is 1.39 bits per heavy atom. The summed E-state index contributed by atoms with van der Waals surface area (Å²) >= 11 is 4.84. The zero-order valence-electron chi connectivity index (χ0n) is 10.6. The molecule has 1 aromatic rings. The molecule has 0 spiro atoms. The number of hydrogen-bond acceptors (Lipinski definition) is 2. The van der Waals surface area contributed by atoms with Crippen LogP contribution in [0.1, 0.15) is 24.8 Å². The maximum atomic E-state index is 12.5. The van der Waals surface area contributed by atoms with Crippen LogP contribution in [0, 0.1) is 0 Å². The van der Waals surface area contributed by atoms with Crippen LogP contribution in [0.25, 0.3) is 0 Å². The van der Waals surface area contributed by atoms with Crippen molar-refractivity contribution in [3.8, 4) is 0 Å². The first kappa shape index (κ1) is 13.0. The third kappa shape index (κ3) is 2.53. The zero-order chi connectivity index (χ0) is 13.2. The minimum absolute atomic E-state index is 0.185. The van der Waals surface area contributed by atoms with Gasteiger partial charge in [-0.2, -0.15) is 0 Å². The first-order valence-electron chi connectivity index (χ1n) is 6.16. The van der Waals surface area contributed by atoms with Gasteiger partial charge in [-0.05, 0) is 18.4 Å². The molecule has 0 atom stereocenters. The summed E-state index contributed by atoms with van der Waals surface area (Å²) in [5.41, 5.74) is 6.31. The van der Waals surface area contributed by atoms with E-state index in [1.807, 2.05) is 37.4 Å². The average molecular weight is 262 g/mol. The van der Waals surface area contributed by atoms with E-state index in [2.05, 4.69) is 0 Å². The van der Waals surface area contributed by atoms with Crippen LogP contribution in [0.4, 0.5) is 0 Å². The number of carbonyl (C=O) groups is 1. The molecule has 0 aromatic heterocycles. The van der Waals surface area contributed by atoms with Gasteiger partial charge in [-0.1, -0.05) is 42.5 Å². The van der Waals surface area contributed by atoms with Gasteiger partial charge in [0.1, 0.15) is 0 Å². The van der Waals surface area contributed by atoms with Gasteiger partial charge in [0.25, 0.3) is 0 Å². The second-order valence-electron chi connectivity index (χ2n) is 4.89. The lowest BCUT2D eigenvalue weighted by Gasteiger charge is -2.23. The van der Waals surface area contributed by atoms with Crippen LogP contribution in [-0.2, 0) is 10.2 Å². The van der Waals surface area contributed by atoms with Gasteiger partial charge in [0.05, 0.1) is 10.4 Å². The van der Waals surface area contributed by atoms with E-state index < -0.39 is 0 Å². The number of benzene rings is 1. The lowest BCUT2D eigenvalue weighted by molar-refractivity contribution is -0.132. The topological polar surface area (TPSA) is 46.3 Å². The standard InChI is InChI=1S/C14H18N2OS/c1-16(10-7-12(15)18)13(17)14(8-9-14)11-5-3-2-4-6-11/h2-6H,7-10H2,1H3,(H2,15,18). The van der Waals surface area contributed by atoms with Crippen molar-refractivity contribution in [1.82, 2.24) is 4.90 Å². The fourth-order valence-electron chi connectivity index (χ4n) is 2.25. The summed E-state index contributed by atoms with van der Waals surface area (Å²) in [6.07, 6.45) is 2.46. The van der Waals surface area contributed by atoms with Gasteiger partial charge in [-0.25, -0.2) is 0 Å². The Morgan fingerprint density at radius 3 is 2.50 bits per heavy atom. The van der Waals surface area contributed by atoms with E-state index >= 15 is 0 Å². The van der Waals surface area contributed by atoms with Crippen LogP contribution in [0.15, 0.2) is 30.3 Å². The summed E-state index contributed by atoms with van der Waals surface area (Å²) in [5.74, 6) is 0.185. The monoisotopic (exact) mass is 262 g/mol. The molecule has 1 fully saturated rings. The molecular formula is C14H18N2OS. The number of nitrogens with zero attached hydrogens (tertiary/aromatic N) is 1. The Kier molecular flexibility index (Phi) is 3.66. The number of nitrogens with two attached hydrogens (primary N) is 1. The molecule has 0 radical (unpaired) electrons. The van der Waals surface area contributed by atoms with Crippen molar-refractivity contribution in [2.75, 3.05) is 13.6 Å². The van der Waals surface area contributed by atoms with E-state index in [0.717, 1.165) is 18.4 Å². The van der Waals surface area contributed by atoms with Crippen molar-refractivity contribution >= 4 is 23.1 Å². The molecule has 0 heterocycles. The maximum Gasteiger partial charge on any atom is 0.232 e. The molecule has 96 valence electrons. The normalized spacial score (nSPS) is 16.1. The highest BCUT2D eigenvalue weighted by Gasteiger charge is 2.52. The van der Waals surface area contributed by atoms with E-state index in [1.54, 1.807) is 4.90 Å². The van der Waals surface area contributed by atoms with Crippen molar-refractivity contribution in [2.24, 2.45) is 5.73 Å². The molecule has 4 heteroatoms. The highest BCUT2D eigenvalue weighted by atomic mass is 32.1. The number of likely N-dealkylation sites (N-methyl/N-ethyl adjacent to an activating group) is 1. The molecule has 1 aromatic carbocycles. The van der Waals surface area contributed by atoms with Crippen LogP contribution >= 0.6 is 12.2 Å². The Hall–Kier alpha value is -1.42. The Bertz CT molecular complexity index is 454. The van der Waals surface area contributed by atoms with Crippen molar-refractivity contribution in [2.45, 2.75) is 24.7 Å². The smallest absolute Gasteiger partial charge is 0.232 e. The van der Waals surface area contributed by atoms with E-state index in [0.29, 0.717) is 18.0 Å². The Balaban J connectivity index is 2.07. The summed E-state index contributed by atoms with van der Waals surface area (Å²) < 4.78 is 0. The van der Waals surface area contributed by atoms with Gasteiger partial charge in [0.2, 0.25) is 5.91 Å². The van der Waals surface area contributed by atoms with Crippen LogP contribution in [-0.4, -0.2) is 29.4 Å². The predicted octanol–water partition coefficient (Wildman–Crippen LogP) is 1.85. The van der Waals surface area contributed by atoms with Crippen molar-refractivity contribution in [3.63, 3.8) is 0 Å². The second kappa shape index (κ2) is 5.06.